The largest absolute Gasteiger partial charge is 0.468 e. The maximum atomic E-state index is 8.40. The molecule has 1 aromatic rings. The SMILES string of the molecule is Cc1occc1SC(C)C/C(N)=N/O. The van der Waals surface area contributed by atoms with E-state index in [2.05, 4.69) is 5.16 Å². The summed E-state index contributed by atoms with van der Waals surface area (Å²) in [5, 5.41) is 11.6. The Morgan fingerprint density at radius 2 is 2.50 bits per heavy atom. The summed E-state index contributed by atoms with van der Waals surface area (Å²) in [6, 6.07) is 1.92. The zero-order chi connectivity index (χ0) is 10.6. The molecule has 78 valence electrons. The molecular formula is C9H14N2O2S. The second-order valence-electron chi connectivity index (χ2n) is 3.06. The lowest BCUT2D eigenvalue weighted by Gasteiger charge is -2.08. The molecule has 14 heavy (non-hydrogen) atoms. The van der Waals surface area contributed by atoms with Crippen molar-refractivity contribution < 1.29 is 9.62 Å². The van der Waals surface area contributed by atoms with Crippen LogP contribution in [0.25, 0.3) is 0 Å². The fourth-order valence-electron chi connectivity index (χ4n) is 1.09. The number of hydrogen-bond donors (Lipinski definition) is 2. The van der Waals surface area contributed by atoms with Gasteiger partial charge in [0.05, 0.1) is 6.26 Å². The summed E-state index contributed by atoms with van der Waals surface area (Å²) in [4.78, 5) is 1.10. The highest BCUT2D eigenvalue weighted by molar-refractivity contribution is 8.00. The predicted molar refractivity (Wildman–Crippen MR) is 56.8 cm³/mol. The number of thioether (sulfide) groups is 1. The first-order chi connectivity index (χ1) is 6.63. The molecule has 1 unspecified atom stereocenters. The van der Waals surface area contributed by atoms with Crippen LogP contribution < -0.4 is 5.73 Å². The number of hydrogen-bond acceptors (Lipinski definition) is 4. The molecule has 0 aliphatic heterocycles. The number of oxime groups is 1. The van der Waals surface area contributed by atoms with Gasteiger partial charge in [0.1, 0.15) is 11.6 Å². The van der Waals surface area contributed by atoms with Crippen LogP contribution in [0.15, 0.2) is 26.8 Å². The molecule has 0 saturated carbocycles. The monoisotopic (exact) mass is 214 g/mol. The molecule has 0 aromatic carbocycles. The van der Waals surface area contributed by atoms with E-state index in [0.717, 1.165) is 10.7 Å². The Labute approximate surface area is 87.2 Å². The number of rotatable bonds is 4. The summed E-state index contributed by atoms with van der Waals surface area (Å²) < 4.78 is 5.16. The molecule has 0 aliphatic rings. The van der Waals surface area contributed by atoms with Crippen molar-refractivity contribution >= 4 is 17.6 Å². The van der Waals surface area contributed by atoms with Gasteiger partial charge in [-0.1, -0.05) is 12.1 Å². The molecule has 1 heterocycles. The third-order valence-corrected chi connectivity index (χ3v) is 3.01. The molecule has 1 atom stereocenters. The summed E-state index contributed by atoms with van der Waals surface area (Å²) in [5.74, 6) is 1.16. The van der Waals surface area contributed by atoms with Crippen LogP contribution in [0.1, 0.15) is 19.1 Å². The number of aryl methyl sites for hydroxylation is 1. The number of nitrogens with two attached hydrogens (primary N) is 1. The molecule has 0 fully saturated rings. The lowest BCUT2D eigenvalue weighted by molar-refractivity contribution is 0.317. The Bertz CT molecular complexity index is 322. The Morgan fingerprint density at radius 3 is 3.00 bits per heavy atom. The van der Waals surface area contributed by atoms with Crippen LogP contribution >= 0.6 is 11.8 Å². The van der Waals surface area contributed by atoms with E-state index in [-0.39, 0.29) is 11.1 Å². The van der Waals surface area contributed by atoms with E-state index >= 15 is 0 Å². The van der Waals surface area contributed by atoms with Gasteiger partial charge >= 0.3 is 0 Å². The lowest BCUT2D eigenvalue weighted by atomic mass is 10.3. The van der Waals surface area contributed by atoms with Crippen molar-refractivity contribution in [1.82, 2.24) is 0 Å². The van der Waals surface area contributed by atoms with Crippen LogP contribution in [-0.2, 0) is 0 Å². The van der Waals surface area contributed by atoms with Crippen LogP contribution in [0.3, 0.4) is 0 Å². The Hall–Kier alpha value is -1.10. The molecule has 0 saturated heterocycles. The van der Waals surface area contributed by atoms with Crippen molar-refractivity contribution in [2.75, 3.05) is 0 Å². The standard InChI is InChI=1S/C9H14N2O2S/c1-6(5-9(10)11-12)14-8-3-4-13-7(8)2/h3-4,6,12H,5H2,1-2H3,(H2,10,11). The maximum Gasteiger partial charge on any atom is 0.140 e. The van der Waals surface area contributed by atoms with Crippen molar-refractivity contribution in [3.05, 3.63) is 18.1 Å². The van der Waals surface area contributed by atoms with Gasteiger partial charge in [0, 0.05) is 16.6 Å². The molecule has 5 heteroatoms. The van der Waals surface area contributed by atoms with Crippen LogP contribution in [0.2, 0.25) is 0 Å². The van der Waals surface area contributed by atoms with Crippen LogP contribution in [-0.4, -0.2) is 16.3 Å². The Kier molecular flexibility index (Phi) is 3.88. The van der Waals surface area contributed by atoms with Gasteiger partial charge in [-0.15, -0.1) is 11.8 Å². The molecule has 1 rings (SSSR count). The Morgan fingerprint density at radius 1 is 1.79 bits per heavy atom. The topological polar surface area (TPSA) is 71.8 Å². The van der Waals surface area contributed by atoms with Gasteiger partial charge in [-0.25, -0.2) is 0 Å². The van der Waals surface area contributed by atoms with E-state index in [4.69, 9.17) is 15.4 Å². The fourth-order valence-corrected chi connectivity index (χ4v) is 2.13. The third kappa shape index (κ3) is 2.99. The normalized spacial score (nSPS) is 14.3. The molecule has 0 bridgehead atoms. The van der Waals surface area contributed by atoms with Gasteiger partial charge in [0.15, 0.2) is 0 Å². The van der Waals surface area contributed by atoms with Crippen LogP contribution in [0.5, 0.6) is 0 Å². The summed E-state index contributed by atoms with van der Waals surface area (Å²) in [5.41, 5.74) is 5.40. The van der Waals surface area contributed by atoms with Crippen LogP contribution in [0.4, 0.5) is 0 Å². The summed E-state index contributed by atoms with van der Waals surface area (Å²) in [6.45, 7) is 3.94. The number of amidine groups is 1. The number of nitrogens with zero attached hydrogens (tertiary/aromatic N) is 1. The minimum Gasteiger partial charge on any atom is -0.468 e. The smallest absolute Gasteiger partial charge is 0.140 e. The highest BCUT2D eigenvalue weighted by atomic mass is 32.2. The van der Waals surface area contributed by atoms with Gasteiger partial charge in [-0.05, 0) is 13.0 Å². The molecule has 0 radical (unpaired) electrons. The molecule has 0 aliphatic carbocycles. The molecular weight excluding hydrogens is 200 g/mol. The predicted octanol–water partition coefficient (Wildman–Crippen LogP) is 2.21. The third-order valence-electron chi connectivity index (χ3n) is 1.76. The first kappa shape index (κ1) is 11.0. The van der Waals surface area contributed by atoms with E-state index in [1.54, 1.807) is 18.0 Å². The summed E-state index contributed by atoms with van der Waals surface area (Å²) in [7, 11) is 0. The Balaban J connectivity index is 2.49. The van der Waals surface area contributed by atoms with E-state index in [1.807, 2.05) is 19.9 Å². The average Bonchev–Trinajstić information content (AvgIpc) is 2.51. The van der Waals surface area contributed by atoms with Gasteiger partial charge in [0.2, 0.25) is 0 Å². The molecule has 0 spiro atoms. The second kappa shape index (κ2) is 4.95. The van der Waals surface area contributed by atoms with E-state index < -0.39 is 0 Å². The zero-order valence-electron chi connectivity index (χ0n) is 8.23. The average molecular weight is 214 g/mol. The highest BCUT2D eigenvalue weighted by Gasteiger charge is 2.10. The second-order valence-corrected chi connectivity index (χ2v) is 4.55. The minimum absolute atomic E-state index is 0.256. The summed E-state index contributed by atoms with van der Waals surface area (Å²) >= 11 is 1.65. The minimum atomic E-state index is 0.256. The van der Waals surface area contributed by atoms with Crippen molar-refractivity contribution in [3.8, 4) is 0 Å². The molecule has 3 N–H and O–H groups in total. The fraction of sp³-hybridized carbons (Fsp3) is 0.444. The molecule has 4 nitrogen and oxygen atoms in total. The first-order valence-corrected chi connectivity index (χ1v) is 5.18. The van der Waals surface area contributed by atoms with Crippen molar-refractivity contribution in [1.29, 1.82) is 0 Å². The van der Waals surface area contributed by atoms with E-state index in [1.165, 1.54) is 0 Å². The molecule has 0 amide bonds. The van der Waals surface area contributed by atoms with Gasteiger partial charge in [-0.3, -0.25) is 0 Å². The van der Waals surface area contributed by atoms with Crippen molar-refractivity contribution in [3.63, 3.8) is 0 Å². The van der Waals surface area contributed by atoms with Crippen molar-refractivity contribution in [2.45, 2.75) is 30.4 Å². The molecule has 1 aromatic heterocycles. The lowest BCUT2D eigenvalue weighted by Crippen LogP contribution is -2.16. The summed E-state index contributed by atoms with van der Waals surface area (Å²) in [6.07, 6.45) is 2.22. The van der Waals surface area contributed by atoms with Crippen LogP contribution in [0, 0.1) is 6.92 Å². The van der Waals surface area contributed by atoms with Gasteiger partial charge in [-0.2, -0.15) is 0 Å². The zero-order valence-corrected chi connectivity index (χ0v) is 9.04. The highest BCUT2D eigenvalue weighted by Crippen LogP contribution is 2.28. The van der Waals surface area contributed by atoms with Gasteiger partial charge in [0.25, 0.3) is 0 Å². The van der Waals surface area contributed by atoms with Gasteiger partial charge < -0.3 is 15.4 Å². The van der Waals surface area contributed by atoms with Crippen molar-refractivity contribution in [2.24, 2.45) is 10.9 Å². The van der Waals surface area contributed by atoms with E-state index in [9.17, 15) is 0 Å². The maximum absolute atomic E-state index is 8.40. The first-order valence-electron chi connectivity index (χ1n) is 4.30. The quantitative estimate of drug-likeness (QED) is 0.265. The number of furan rings is 1. The van der Waals surface area contributed by atoms with E-state index in [0.29, 0.717) is 6.42 Å².